The number of ether oxygens (including phenoxy) is 2. The third kappa shape index (κ3) is 4.04. The molecule has 2 fully saturated rings. The standard InChI is InChI=1S/C19H22N2O4S/c1-24-17(22)12-25-16-10-6-5-7-13(16)11-15-18(23)21(19(26)20-15)14-8-3-2-4-9-14/h5-7,10-11,14H,2-4,8-9,12H2,1H3,(H,20,26)/b15-11-. The fourth-order valence-electron chi connectivity index (χ4n) is 3.30. The molecule has 26 heavy (non-hydrogen) atoms. The number of carbonyl (C=O) groups excluding carboxylic acids is 2. The Kier molecular flexibility index (Phi) is 5.88. The van der Waals surface area contributed by atoms with Crippen molar-refractivity contribution in [3.05, 3.63) is 35.5 Å². The minimum absolute atomic E-state index is 0.107. The third-order valence-electron chi connectivity index (χ3n) is 4.64. The average Bonchev–Trinajstić information content (AvgIpc) is 2.94. The molecule has 1 aliphatic heterocycles. The normalized spacial score (nSPS) is 19.6. The summed E-state index contributed by atoms with van der Waals surface area (Å²) in [5.74, 6) is -0.0705. The van der Waals surface area contributed by atoms with Crippen molar-refractivity contribution in [2.75, 3.05) is 13.7 Å². The van der Waals surface area contributed by atoms with Crippen LogP contribution in [0.3, 0.4) is 0 Å². The van der Waals surface area contributed by atoms with E-state index in [0.29, 0.717) is 22.1 Å². The number of nitrogens with one attached hydrogen (secondary N) is 1. The Balaban J connectivity index is 1.79. The van der Waals surface area contributed by atoms with E-state index in [1.54, 1.807) is 23.1 Å². The van der Waals surface area contributed by atoms with Crippen molar-refractivity contribution < 1.29 is 19.1 Å². The number of hydrogen-bond acceptors (Lipinski definition) is 5. The molecule has 138 valence electrons. The summed E-state index contributed by atoms with van der Waals surface area (Å²) < 4.78 is 10.1. The first-order valence-corrected chi connectivity index (χ1v) is 9.16. The minimum atomic E-state index is -0.466. The van der Waals surface area contributed by atoms with Crippen LogP contribution in [-0.2, 0) is 14.3 Å². The molecule has 1 aliphatic carbocycles. The van der Waals surface area contributed by atoms with Gasteiger partial charge in [-0.3, -0.25) is 9.69 Å². The number of amides is 1. The van der Waals surface area contributed by atoms with Gasteiger partial charge in [0, 0.05) is 11.6 Å². The summed E-state index contributed by atoms with van der Waals surface area (Å²) in [6.45, 7) is -0.190. The third-order valence-corrected chi connectivity index (χ3v) is 4.94. The molecule has 0 radical (unpaired) electrons. The van der Waals surface area contributed by atoms with E-state index in [9.17, 15) is 9.59 Å². The van der Waals surface area contributed by atoms with Crippen molar-refractivity contribution in [2.45, 2.75) is 38.1 Å². The zero-order valence-electron chi connectivity index (χ0n) is 14.7. The highest BCUT2D eigenvalue weighted by Crippen LogP contribution is 2.28. The lowest BCUT2D eigenvalue weighted by Crippen LogP contribution is -2.41. The highest BCUT2D eigenvalue weighted by atomic mass is 32.1. The lowest BCUT2D eigenvalue weighted by Gasteiger charge is -2.29. The molecule has 1 aromatic carbocycles. The van der Waals surface area contributed by atoms with Gasteiger partial charge in [0.05, 0.1) is 7.11 Å². The zero-order valence-corrected chi connectivity index (χ0v) is 15.5. The molecule has 0 bridgehead atoms. The summed E-state index contributed by atoms with van der Waals surface area (Å²) >= 11 is 5.39. The van der Waals surface area contributed by atoms with Crippen LogP contribution in [0, 0.1) is 0 Å². The lowest BCUT2D eigenvalue weighted by molar-refractivity contribution is -0.142. The number of rotatable bonds is 5. The second-order valence-corrected chi connectivity index (χ2v) is 6.74. The van der Waals surface area contributed by atoms with E-state index in [1.807, 2.05) is 12.1 Å². The topological polar surface area (TPSA) is 67.9 Å². The van der Waals surface area contributed by atoms with Crippen LogP contribution in [-0.4, -0.2) is 41.6 Å². The first kappa shape index (κ1) is 18.4. The summed E-state index contributed by atoms with van der Waals surface area (Å²) in [6.07, 6.45) is 7.15. The van der Waals surface area contributed by atoms with Crippen LogP contribution >= 0.6 is 12.2 Å². The summed E-state index contributed by atoms with van der Waals surface area (Å²) in [6, 6.07) is 7.38. The Morgan fingerprint density at radius 2 is 2.04 bits per heavy atom. The van der Waals surface area contributed by atoms with Crippen LogP contribution in [0.15, 0.2) is 30.0 Å². The second kappa shape index (κ2) is 8.31. The van der Waals surface area contributed by atoms with Gasteiger partial charge in [-0.15, -0.1) is 0 Å². The molecule has 0 atom stereocenters. The van der Waals surface area contributed by atoms with E-state index in [1.165, 1.54) is 13.5 Å². The molecule has 1 aromatic rings. The van der Waals surface area contributed by atoms with Crippen molar-refractivity contribution in [3.63, 3.8) is 0 Å². The number of para-hydroxylation sites is 1. The van der Waals surface area contributed by atoms with Gasteiger partial charge >= 0.3 is 5.97 Å². The number of esters is 1. The predicted octanol–water partition coefficient (Wildman–Crippen LogP) is 2.63. The number of thiocarbonyl (C=S) groups is 1. The summed E-state index contributed by atoms with van der Waals surface area (Å²) in [7, 11) is 1.31. The van der Waals surface area contributed by atoms with Crippen molar-refractivity contribution in [1.29, 1.82) is 0 Å². The number of nitrogens with zero attached hydrogens (tertiary/aromatic N) is 1. The molecule has 2 aliphatic rings. The molecule has 0 unspecified atom stereocenters. The molecule has 1 saturated heterocycles. The monoisotopic (exact) mass is 374 g/mol. The van der Waals surface area contributed by atoms with E-state index in [4.69, 9.17) is 17.0 Å². The number of methoxy groups -OCH3 is 1. The fourth-order valence-corrected chi connectivity index (χ4v) is 3.64. The molecule has 1 amide bonds. The van der Waals surface area contributed by atoms with Gasteiger partial charge in [-0.05, 0) is 37.2 Å². The molecule has 0 spiro atoms. The Morgan fingerprint density at radius 1 is 1.31 bits per heavy atom. The minimum Gasteiger partial charge on any atom is -0.481 e. The average molecular weight is 374 g/mol. The Labute approximate surface area is 158 Å². The molecule has 1 saturated carbocycles. The van der Waals surface area contributed by atoms with E-state index in [0.717, 1.165) is 25.7 Å². The molecule has 7 heteroatoms. The van der Waals surface area contributed by atoms with Gasteiger partial charge in [0.25, 0.3) is 5.91 Å². The van der Waals surface area contributed by atoms with Gasteiger partial charge in [-0.1, -0.05) is 37.5 Å². The highest BCUT2D eigenvalue weighted by Gasteiger charge is 2.36. The van der Waals surface area contributed by atoms with E-state index < -0.39 is 5.97 Å². The van der Waals surface area contributed by atoms with Crippen molar-refractivity contribution in [3.8, 4) is 5.75 Å². The van der Waals surface area contributed by atoms with Crippen LogP contribution in [0.25, 0.3) is 6.08 Å². The van der Waals surface area contributed by atoms with Crippen LogP contribution in [0.5, 0.6) is 5.75 Å². The Hall–Kier alpha value is -2.41. The molecule has 0 aromatic heterocycles. The lowest BCUT2D eigenvalue weighted by atomic mass is 9.94. The summed E-state index contributed by atoms with van der Waals surface area (Å²) in [4.78, 5) is 25.8. The van der Waals surface area contributed by atoms with Gasteiger partial charge in [0.15, 0.2) is 11.7 Å². The quantitative estimate of drug-likeness (QED) is 0.485. The van der Waals surface area contributed by atoms with Gasteiger partial charge in [0.2, 0.25) is 0 Å². The maximum atomic E-state index is 12.8. The van der Waals surface area contributed by atoms with Gasteiger partial charge in [-0.25, -0.2) is 4.79 Å². The molecule has 1 N–H and O–H groups in total. The highest BCUT2D eigenvalue weighted by molar-refractivity contribution is 7.80. The molecule has 6 nitrogen and oxygen atoms in total. The zero-order chi connectivity index (χ0) is 18.5. The van der Waals surface area contributed by atoms with Crippen LogP contribution in [0.1, 0.15) is 37.7 Å². The van der Waals surface area contributed by atoms with Gasteiger partial charge in [-0.2, -0.15) is 0 Å². The first-order chi connectivity index (χ1) is 12.6. The number of benzene rings is 1. The SMILES string of the molecule is COC(=O)COc1ccccc1/C=C1\NC(=S)N(C2CCCCC2)C1=O. The summed E-state index contributed by atoms with van der Waals surface area (Å²) in [5, 5.41) is 3.48. The maximum absolute atomic E-state index is 12.8. The van der Waals surface area contributed by atoms with Crippen molar-refractivity contribution in [2.24, 2.45) is 0 Å². The number of hydrogen-bond donors (Lipinski definition) is 1. The molecular formula is C19H22N2O4S. The Morgan fingerprint density at radius 3 is 2.77 bits per heavy atom. The fraction of sp³-hybridized carbons (Fsp3) is 0.421. The maximum Gasteiger partial charge on any atom is 0.343 e. The van der Waals surface area contributed by atoms with E-state index in [2.05, 4.69) is 10.1 Å². The van der Waals surface area contributed by atoms with Crippen LogP contribution < -0.4 is 10.1 Å². The summed E-state index contributed by atoms with van der Waals surface area (Å²) in [5.41, 5.74) is 1.12. The van der Waals surface area contributed by atoms with Crippen LogP contribution in [0.4, 0.5) is 0 Å². The van der Waals surface area contributed by atoms with Crippen LogP contribution in [0.2, 0.25) is 0 Å². The molecule has 1 heterocycles. The van der Waals surface area contributed by atoms with Crippen molar-refractivity contribution >= 4 is 35.3 Å². The van der Waals surface area contributed by atoms with Gasteiger partial charge < -0.3 is 14.8 Å². The van der Waals surface area contributed by atoms with E-state index in [-0.39, 0.29) is 18.6 Å². The number of carbonyl (C=O) groups is 2. The molecule has 3 rings (SSSR count). The largest absolute Gasteiger partial charge is 0.481 e. The smallest absolute Gasteiger partial charge is 0.343 e. The first-order valence-electron chi connectivity index (χ1n) is 8.75. The van der Waals surface area contributed by atoms with Gasteiger partial charge in [0.1, 0.15) is 11.4 Å². The van der Waals surface area contributed by atoms with E-state index >= 15 is 0 Å². The van der Waals surface area contributed by atoms with Crippen molar-refractivity contribution in [1.82, 2.24) is 10.2 Å². The molecular weight excluding hydrogens is 352 g/mol. The Bertz CT molecular complexity index is 741. The second-order valence-electron chi connectivity index (χ2n) is 6.36. The predicted molar refractivity (Wildman–Crippen MR) is 101 cm³/mol.